The Morgan fingerprint density at radius 1 is 1.53 bits per heavy atom. The van der Waals surface area contributed by atoms with Crippen molar-refractivity contribution in [3.05, 3.63) is 27.3 Å². The van der Waals surface area contributed by atoms with E-state index in [0.717, 1.165) is 0 Å². The summed E-state index contributed by atoms with van der Waals surface area (Å²) < 4.78 is 4.47. The average Bonchev–Trinajstić information content (AvgIpc) is 2.25. The molecule has 1 aliphatic carbocycles. The van der Waals surface area contributed by atoms with E-state index in [1.54, 1.807) is 5.94 Å². The van der Waals surface area contributed by atoms with Gasteiger partial charge in [-0.3, -0.25) is 0 Å². The van der Waals surface area contributed by atoms with Crippen molar-refractivity contribution < 1.29 is 14.3 Å². The van der Waals surface area contributed by atoms with Crippen molar-refractivity contribution in [3.63, 3.8) is 0 Å². The smallest absolute Gasteiger partial charge is 0.339 e. The molecule has 1 rings (SSSR count). The van der Waals surface area contributed by atoms with Gasteiger partial charge in [0.25, 0.3) is 0 Å². The summed E-state index contributed by atoms with van der Waals surface area (Å²) in [5, 5.41) is -0.868. The number of ether oxygens (including phenoxy) is 1. The molecular weight excluding hydrogens is 262 g/mol. The molecule has 1 unspecified atom stereocenters. The second-order valence-corrected chi connectivity index (χ2v) is 3.85. The fraction of sp³-hybridized carbons (Fsp3) is 0.222. The van der Waals surface area contributed by atoms with E-state index in [1.165, 1.54) is 13.2 Å². The van der Waals surface area contributed by atoms with Gasteiger partial charge in [0.1, 0.15) is 11.3 Å². The van der Waals surface area contributed by atoms with E-state index >= 15 is 0 Å². The Hall–Kier alpha value is -0.730. The standard InChI is InChI=1S/C9H5Cl3O3/c1-15-9(14)5-2-4(3-13)6(10)8(12)7(5)11/h2,6H,1H3. The predicted molar refractivity (Wildman–Crippen MR) is 57.7 cm³/mol. The molecule has 0 spiro atoms. The molecule has 0 amide bonds. The summed E-state index contributed by atoms with van der Waals surface area (Å²) in [6.45, 7) is 0. The maximum atomic E-state index is 11.2. The van der Waals surface area contributed by atoms with Crippen LogP contribution >= 0.6 is 34.8 Å². The number of esters is 1. The van der Waals surface area contributed by atoms with Crippen LogP contribution in [0.4, 0.5) is 0 Å². The molecule has 0 bridgehead atoms. The van der Waals surface area contributed by atoms with Gasteiger partial charge < -0.3 is 4.74 Å². The molecule has 0 saturated carbocycles. The van der Waals surface area contributed by atoms with Crippen molar-refractivity contribution in [1.82, 2.24) is 0 Å². The first-order valence-electron chi connectivity index (χ1n) is 3.77. The summed E-state index contributed by atoms with van der Waals surface area (Å²) in [4.78, 5) is 21.7. The fourth-order valence-corrected chi connectivity index (χ4v) is 1.74. The zero-order valence-corrected chi connectivity index (χ0v) is 9.78. The molecule has 0 radical (unpaired) electrons. The van der Waals surface area contributed by atoms with Gasteiger partial charge in [-0.05, 0) is 6.08 Å². The number of rotatable bonds is 1. The van der Waals surface area contributed by atoms with Gasteiger partial charge in [-0.2, -0.15) is 0 Å². The molecule has 1 atom stereocenters. The van der Waals surface area contributed by atoms with Crippen molar-refractivity contribution in [2.75, 3.05) is 7.11 Å². The molecule has 0 heterocycles. The largest absolute Gasteiger partial charge is 0.465 e. The number of carbonyl (C=O) groups is 1. The second-order valence-electron chi connectivity index (χ2n) is 2.63. The van der Waals surface area contributed by atoms with E-state index < -0.39 is 11.3 Å². The number of carbonyl (C=O) groups excluding carboxylic acids is 2. The van der Waals surface area contributed by atoms with Gasteiger partial charge in [0, 0.05) is 0 Å². The van der Waals surface area contributed by atoms with Crippen LogP contribution in [0.15, 0.2) is 27.3 Å². The third-order valence-electron chi connectivity index (χ3n) is 1.76. The zero-order valence-electron chi connectivity index (χ0n) is 7.51. The topological polar surface area (TPSA) is 43.4 Å². The Morgan fingerprint density at radius 3 is 2.60 bits per heavy atom. The molecule has 6 heteroatoms. The minimum absolute atomic E-state index is 0.000540. The number of alkyl halides is 1. The zero-order chi connectivity index (χ0) is 11.6. The van der Waals surface area contributed by atoms with Crippen LogP contribution in [-0.4, -0.2) is 24.4 Å². The number of hydrogen-bond donors (Lipinski definition) is 0. The van der Waals surface area contributed by atoms with Crippen LogP contribution in [0.2, 0.25) is 0 Å². The van der Waals surface area contributed by atoms with Crippen LogP contribution in [0.1, 0.15) is 0 Å². The molecule has 0 aromatic rings. The number of hydrogen-bond acceptors (Lipinski definition) is 3. The highest BCUT2D eigenvalue weighted by molar-refractivity contribution is 6.47. The summed E-state index contributed by atoms with van der Waals surface area (Å²) >= 11 is 17.3. The Balaban J connectivity index is 3.29. The lowest BCUT2D eigenvalue weighted by Gasteiger charge is -2.16. The third-order valence-corrected chi connectivity index (χ3v) is 3.24. The van der Waals surface area contributed by atoms with Crippen molar-refractivity contribution in [2.45, 2.75) is 5.38 Å². The van der Waals surface area contributed by atoms with Gasteiger partial charge in [-0.15, -0.1) is 11.6 Å². The highest BCUT2D eigenvalue weighted by Gasteiger charge is 2.29. The molecule has 0 aliphatic heterocycles. The minimum atomic E-state index is -0.870. The molecule has 15 heavy (non-hydrogen) atoms. The maximum absolute atomic E-state index is 11.2. The predicted octanol–water partition coefficient (Wildman–Crippen LogP) is 2.15. The van der Waals surface area contributed by atoms with Gasteiger partial charge in [-0.1, -0.05) is 23.2 Å². The van der Waals surface area contributed by atoms with Crippen molar-refractivity contribution in [1.29, 1.82) is 0 Å². The first-order valence-corrected chi connectivity index (χ1v) is 4.96. The summed E-state index contributed by atoms with van der Waals surface area (Å²) in [7, 11) is 1.19. The van der Waals surface area contributed by atoms with Gasteiger partial charge >= 0.3 is 5.97 Å². The van der Waals surface area contributed by atoms with Crippen LogP contribution in [-0.2, 0) is 14.3 Å². The Kier molecular flexibility index (Phi) is 4.00. The van der Waals surface area contributed by atoms with Gasteiger partial charge in [0.15, 0.2) is 0 Å². The van der Waals surface area contributed by atoms with E-state index in [2.05, 4.69) is 4.74 Å². The van der Waals surface area contributed by atoms with Crippen LogP contribution < -0.4 is 0 Å². The lowest BCUT2D eigenvalue weighted by Crippen LogP contribution is -2.15. The Bertz CT molecular complexity index is 416. The molecule has 80 valence electrons. The lowest BCUT2D eigenvalue weighted by molar-refractivity contribution is -0.135. The van der Waals surface area contributed by atoms with E-state index in [4.69, 9.17) is 34.8 Å². The highest BCUT2D eigenvalue weighted by Crippen LogP contribution is 2.36. The molecule has 0 fully saturated rings. The van der Waals surface area contributed by atoms with E-state index in [0.29, 0.717) is 0 Å². The summed E-state index contributed by atoms with van der Waals surface area (Å²) in [5.74, 6) is 0.901. The highest BCUT2D eigenvalue weighted by atomic mass is 35.5. The number of halogens is 3. The molecule has 0 N–H and O–H groups in total. The second kappa shape index (κ2) is 4.86. The van der Waals surface area contributed by atoms with Crippen molar-refractivity contribution in [3.8, 4) is 0 Å². The van der Waals surface area contributed by atoms with E-state index in [1.807, 2.05) is 0 Å². The summed E-state index contributed by atoms with van der Waals surface area (Å²) in [6, 6.07) is 0. The fourth-order valence-electron chi connectivity index (χ4n) is 1.01. The Morgan fingerprint density at radius 2 is 2.13 bits per heavy atom. The van der Waals surface area contributed by atoms with Gasteiger partial charge in [0.05, 0.1) is 28.3 Å². The van der Waals surface area contributed by atoms with Crippen molar-refractivity contribution >= 4 is 46.7 Å². The summed E-state index contributed by atoms with van der Waals surface area (Å²) in [6.07, 6.45) is 1.21. The van der Waals surface area contributed by atoms with Crippen LogP contribution in [0.3, 0.4) is 0 Å². The first kappa shape index (κ1) is 12.3. The van der Waals surface area contributed by atoms with Crippen LogP contribution in [0.5, 0.6) is 0 Å². The average molecular weight is 267 g/mol. The monoisotopic (exact) mass is 266 g/mol. The normalized spacial score (nSPS) is 20.9. The SMILES string of the molecule is COC(=O)C1=CC(=C=O)C(Cl)C(Cl)=C1Cl. The van der Waals surface area contributed by atoms with Gasteiger partial charge in [-0.25, -0.2) is 9.59 Å². The summed E-state index contributed by atoms with van der Waals surface area (Å²) in [5.41, 5.74) is 0.0471. The first-order chi connectivity index (χ1) is 7.02. The van der Waals surface area contributed by atoms with Gasteiger partial charge in [0.2, 0.25) is 0 Å². The molecule has 0 saturated heterocycles. The van der Waals surface area contributed by atoms with E-state index in [9.17, 15) is 9.59 Å². The number of allylic oxidation sites excluding steroid dienone is 3. The third kappa shape index (κ3) is 2.27. The molecular formula is C9H5Cl3O3. The number of methoxy groups -OCH3 is 1. The van der Waals surface area contributed by atoms with Crippen LogP contribution in [0.25, 0.3) is 0 Å². The lowest BCUT2D eigenvalue weighted by atomic mass is 10.0. The van der Waals surface area contributed by atoms with E-state index in [-0.39, 0.29) is 21.2 Å². The Labute approximate surface area is 101 Å². The molecule has 3 nitrogen and oxygen atoms in total. The van der Waals surface area contributed by atoms with Crippen LogP contribution in [0, 0.1) is 0 Å². The molecule has 1 aliphatic rings. The molecule has 0 aromatic heterocycles. The molecule has 0 aromatic carbocycles. The van der Waals surface area contributed by atoms with Crippen molar-refractivity contribution in [2.24, 2.45) is 0 Å². The quantitative estimate of drug-likeness (QED) is 0.415. The maximum Gasteiger partial charge on any atom is 0.339 e. The minimum Gasteiger partial charge on any atom is -0.465 e.